The summed E-state index contributed by atoms with van der Waals surface area (Å²) in [6, 6.07) is 1.38. The van der Waals surface area contributed by atoms with Crippen molar-refractivity contribution in [1.82, 2.24) is 14.7 Å². The van der Waals surface area contributed by atoms with E-state index in [-0.39, 0.29) is 23.3 Å². The average Bonchev–Trinajstić information content (AvgIpc) is 2.44. The fourth-order valence-corrected chi connectivity index (χ4v) is 2.43. The first-order valence-electron chi connectivity index (χ1n) is 5.93. The van der Waals surface area contributed by atoms with Gasteiger partial charge in [0.15, 0.2) is 0 Å². The lowest BCUT2D eigenvalue weighted by atomic mass is 10.4. The highest BCUT2D eigenvalue weighted by Gasteiger charge is 2.19. The standard InChI is InChI=1S/C11H17N3O5S/c1-4-5-6-20(16,17)14-11(15)10-12-8(18-2)7-9(13-10)19-3/h7H,4-6H2,1-3H3,(H,14,15). The van der Waals surface area contributed by atoms with Gasteiger partial charge in [-0.05, 0) is 6.42 Å². The highest BCUT2D eigenvalue weighted by Crippen LogP contribution is 2.14. The smallest absolute Gasteiger partial charge is 0.302 e. The second-order valence-electron chi connectivity index (χ2n) is 3.88. The molecule has 0 bridgehead atoms. The normalized spacial score (nSPS) is 10.9. The fourth-order valence-electron chi connectivity index (χ4n) is 1.29. The van der Waals surface area contributed by atoms with Crippen LogP contribution in [0.2, 0.25) is 0 Å². The molecule has 1 amide bonds. The van der Waals surface area contributed by atoms with Gasteiger partial charge in [-0.2, -0.15) is 9.97 Å². The number of hydrogen-bond acceptors (Lipinski definition) is 7. The number of amides is 1. The van der Waals surface area contributed by atoms with Crippen molar-refractivity contribution in [3.63, 3.8) is 0 Å². The Balaban J connectivity index is 2.92. The number of carbonyl (C=O) groups excluding carboxylic acids is 1. The Bertz CT molecular complexity index is 551. The maximum atomic E-state index is 11.8. The Hall–Kier alpha value is -1.90. The Morgan fingerprint density at radius 3 is 2.25 bits per heavy atom. The minimum atomic E-state index is -3.69. The first-order valence-corrected chi connectivity index (χ1v) is 7.59. The second-order valence-corrected chi connectivity index (χ2v) is 5.72. The first-order chi connectivity index (χ1) is 9.41. The summed E-state index contributed by atoms with van der Waals surface area (Å²) < 4.78 is 34.9. The van der Waals surface area contributed by atoms with Crippen molar-refractivity contribution in [2.45, 2.75) is 19.8 Å². The molecule has 0 unspecified atom stereocenters. The molecule has 20 heavy (non-hydrogen) atoms. The topological polar surface area (TPSA) is 107 Å². The lowest BCUT2D eigenvalue weighted by molar-refractivity contribution is 0.0969. The molecule has 1 heterocycles. The average molecular weight is 303 g/mol. The largest absolute Gasteiger partial charge is 0.481 e. The quantitative estimate of drug-likeness (QED) is 0.774. The third-order valence-electron chi connectivity index (χ3n) is 2.32. The van der Waals surface area contributed by atoms with E-state index in [0.717, 1.165) is 0 Å². The number of nitrogens with zero attached hydrogens (tertiary/aromatic N) is 2. The third-order valence-corrected chi connectivity index (χ3v) is 3.64. The molecule has 0 aliphatic heterocycles. The van der Waals surface area contributed by atoms with E-state index in [1.165, 1.54) is 20.3 Å². The molecule has 0 atom stereocenters. The molecule has 0 saturated carbocycles. The third kappa shape index (κ3) is 4.65. The molecule has 1 N–H and O–H groups in total. The van der Waals surface area contributed by atoms with Gasteiger partial charge in [-0.1, -0.05) is 13.3 Å². The number of hydrogen-bond donors (Lipinski definition) is 1. The predicted molar refractivity (Wildman–Crippen MR) is 71.3 cm³/mol. The van der Waals surface area contributed by atoms with E-state index in [9.17, 15) is 13.2 Å². The lowest BCUT2D eigenvalue weighted by Crippen LogP contribution is -2.33. The Kier molecular flexibility index (Phi) is 5.68. The van der Waals surface area contributed by atoms with Gasteiger partial charge < -0.3 is 9.47 Å². The minimum Gasteiger partial charge on any atom is -0.481 e. The summed E-state index contributed by atoms with van der Waals surface area (Å²) in [6.45, 7) is 1.85. The summed E-state index contributed by atoms with van der Waals surface area (Å²) in [6.07, 6.45) is 1.17. The van der Waals surface area contributed by atoms with Crippen LogP contribution in [-0.4, -0.2) is 44.3 Å². The van der Waals surface area contributed by atoms with Crippen molar-refractivity contribution in [3.8, 4) is 11.8 Å². The van der Waals surface area contributed by atoms with Crippen LogP contribution >= 0.6 is 0 Å². The lowest BCUT2D eigenvalue weighted by Gasteiger charge is -2.07. The van der Waals surface area contributed by atoms with Crippen LogP contribution in [-0.2, 0) is 10.0 Å². The number of unbranched alkanes of at least 4 members (excludes halogenated alkanes) is 1. The Labute approximate surface area is 117 Å². The SMILES string of the molecule is CCCCS(=O)(=O)NC(=O)c1nc(OC)cc(OC)n1. The molecule has 1 rings (SSSR count). The summed E-state index contributed by atoms with van der Waals surface area (Å²) in [5.41, 5.74) is 0. The van der Waals surface area contributed by atoms with Gasteiger partial charge in [0.25, 0.3) is 0 Å². The van der Waals surface area contributed by atoms with Crippen molar-refractivity contribution >= 4 is 15.9 Å². The summed E-state index contributed by atoms with van der Waals surface area (Å²) in [5.74, 6) is -1.17. The van der Waals surface area contributed by atoms with Crippen LogP contribution in [0.15, 0.2) is 6.07 Å². The van der Waals surface area contributed by atoms with Crippen LogP contribution in [0.3, 0.4) is 0 Å². The van der Waals surface area contributed by atoms with Crippen molar-refractivity contribution in [1.29, 1.82) is 0 Å². The van der Waals surface area contributed by atoms with Crippen LogP contribution in [0, 0.1) is 0 Å². The van der Waals surface area contributed by atoms with E-state index < -0.39 is 15.9 Å². The monoisotopic (exact) mass is 303 g/mol. The number of sulfonamides is 1. The van der Waals surface area contributed by atoms with E-state index >= 15 is 0 Å². The first kappa shape index (κ1) is 16.2. The van der Waals surface area contributed by atoms with Gasteiger partial charge in [-0.15, -0.1) is 0 Å². The van der Waals surface area contributed by atoms with Crippen molar-refractivity contribution in [2.75, 3.05) is 20.0 Å². The van der Waals surface area contributed by atoms with Crippen LogP contribution in [0.4, 0.5) is 0 Å². The second kappa shape index (κ2) is 7.04. The molecule has 0 spiro atoms. The van der Waals surface area contributed by atoms with Crippen LogP contribution in [0.1, 0.15) is 30.4 Å². The molecule has 1 aromatic rings. The molecule has 0 saturated heterocycles. The highest BCUT2D eigenvalue weighted by atomic mass is 32.2. The molecule has 0 fully saturated rings. The summed E-state index contributed by atoms with van der Waals surface area (Å²) in [5, 5.41) is 0. The number of ether oxygens (including phenoxy) is 2. The zero-order valence-electron chi connectivity index (χ0n) is 11.5. The predicted octanol–water partition coefficient (Wildman–Crippen LogP) is 0.353. The van der Waals surface area contributed by atoms with Gasteiger partial charge in [-0.25, -0.2) is 13.1 Å². The van der Waals surface area contributed by atoms with Gasteiger partial charge >= 0.3 is 5.91 Å². The molecular formula is C11H17N3O5S. The number of rotatable bonds is 7. The molecule has 8 nitrogen and oxygen atoms in total. The molecule has 112 valence electrons. The van der Waals surface area contributed by atoms with Gasteiger partial charge in [-0.3, -0.25) is 4.79 Å². The maximum Gasteiger partial charge on any atom is 0.302 e. The van der Waals surface area contributed by atoms with Crippen molar-refractivity contribution in [3.05, 3.63) is 11.9 Å². The maximum absolute atomic E-state index is 11.8. The summed E-state index contributed by atoms with van der Waals surface area (Å²) in [4.78, 5) is 19.4. The molecule has 0 radical (unpaired) electrons. The van der Waals surface area contributed by atoms with E-state index in [0.29, 0.717) is 12.8 Å². The van der Waals surface area contributed by atoms with Gasteiger partial charge in [0.05, 0.1) is 26.0 Å². The number of aromatic nitrogens is 2. The van der Waals surface area contributed by atoms with Crippen LogP contribution in [0.5, 0.6) is 11.8 Å². The van der Waals surface area contributed by atoms with Gasteiger partial charge in [0.2, 0.25) is 27.6 Å². The van der Waals surface area contributed by atoms with Crippen LogP contribution in [0.25, 0.3) is 0 Å². The number of methoxy groups -OCH3 is 2. The van der Waals surface area contributed by atoms with Crippen molar-refractivity contribution < 1.29 is 22.7 Å². The number of nitrogens with one attached hydrogen (secondary N) is 1. The minimum absolute atomic E-state index is 0.105. The van der Waals surface area contributed by atoms with Crippen molar-refractivity contribution in [2.24, 2.45) is 0 Å². The molecule has 1 aromatic heterocycles. The van der Waals surface area contributed by atoms with Crippen LogP contribution < -0.4 is 14.2 Å². The summed E-state index contributed by atoms with van der Waals surface area (Å²) >= 11 is 0. The van der Waals surface area contributed by atoms with E-state index in [4.69, 9.17) is 9.47 Å². The Morgan fingerprint density at radius 2 is 1.80 bits per heavy atom. The number of carbonyl (C=O) groups is 1. The zero-order chi connectivity index (χ0) is 15.2. The fraction of sp³-hybridized carbons (Fsp3) is 0.545. The van der Waals surface area contributed by atoms with E-state index in [1.807, 2.05) is 11.6 Å². The van der Waals surface area contributed by atoms with E-state index in [2.05, 4.69) is 9.97 Å². The molecule has 0 aliphatic rings. The molecule has 0 aromatic carbocycles. The molecule has 0 aliphatic carbocycles. The zero-order valence-corrected chi connectivity index (χ0v) is 12.4. The molecule has 9 heteroatoms. The van der Waals surface area contributed by atoms with Gasteiger partial charge in [0.1, 0.15) is 0 Å². The summed E-state index contributed by atoms with van der Waals surface area (Å²) in [7, 11) is -0.966. The van der Waals surface area contributed by atoms with E-state index in [1.54, 1.807) is 0 Å². The Morgan fingerprint density at radius 1 is 1.25 bits per heavy atom. The van der Waals surface area contributed by atoms with Gasteiger partial charge in [0, 0.05) is 0 Å². The molecular weight excluding hydrogens is 286 g/mol. The highest BCUT2D eigenvalue weighted by molar-refractivity contribution is 7.90.